The Morgan fingerprint density at radius 3 is 2.37 bits per heavy atom. The largest absolute Gasteiger partial charge is 0.465 e. The van der Waals surface area contributed by atoms with Gasteiger partial charge in [0.05, 0.1) is 0 Å². The SMILES string of the molecule is C=C(C)c1csc(C(=C)C)c1CC(C)(C)NC(=O)O. The molecule has 4 heteroatoms. The van der Waals surface area contributed by atoms with Crippen molar-refractivity contribution in [2.45, 2.75) is 39.7 Å². The molecule has 0 bridgehead atoms. The van der Waals surface area contributed by atoms with E-state index >= 15 is 0 Å². The molecule has 0 unspecified atom stereocenters. The van der Waals surface area contributed by atoms with Crippen LogP contribution in [0.5, 0.6) is 0 Å². The van der Waals surface area contributed by atoms with Crippen molar-refractivity contribution in [2.24, 2.45) is 0 Å². The van der Waals surface area contributed by atoms with Gasteiger partial charge in [-0.2, -0.15) is 0 Å². The number of thiophene rings is 1. The Hall–Kier alpha value is -1.55. The molecule has 104 valence electrons. The van der Waals surface area contributed by atoms with Crippen molar-refractivity contribution >= 4 is 28.6 Å². The molecule has 2 N–H and O–H groups in total. The van der Waals surface area contributed by atoms with Crippen molar-refractivity contribution in [3.63, 3.8) is 0 Å². The van der Waals surface area contributed by atoms with Crippen LogP contribution in [0.4, 0.5) is 4.79 Å². The zero-order valence-corrected chi connectivity index (χ0v) is 12.8. The first-order valence-electron chi connectivity index (χ1n) is 6.07. The van der Waals surface area contributed by atoms with Gasteiger partial charge in [0.2, 0.25) is 0 Å². The van der Waals surface area contributed by atoms with Crippen LogP contribution in [0.3, 0.4) is 0 Å². The monoisotopic (exact) mass is 279 g/mol. The van der Waals surface area contributed by atoms with Crippen molar-refractivity contribution in [3.8, 4) is 0 Å². The molecule has 1 rings (SSSR count). The number of amides is 1. The molecule has 0 aliphatic heterocycles. The van der Waals surface area contributed by atoms with Crippen molar-refractivity contribution < 1.29 is 9.90 Å². The summed E-state index contributed by atoms with van der Waals surface area (Å²) in [6.07, 6.45) is -0.387. The fourth-order valence-corrected chi connectivity index (χ4v) is 3.15. The summed E-state index contributed by atoms with van der Waals surface area (Å²) in [5, 5.41) is 13.5. The lowest BCUT2D eigenvalue weighted by Gasteiger charge is -2.25. The predicted molar refractivity (Wildman–Crippen MR) is 82.7 cm³/mol. The Labute approximate surface area is 118 Å². The van der Waals surface area contributed by atoms with Gasteiger partial charge >= 0.3 is 6.09 Å². The highest BCUT2D eigenvalue weighted by atomic mass is 32.1. The highest BCUT2D eigenvalue weighted by Gasteiger charge is 2.25. The summed E-state index contributed by atoms with van der Waals surface area (Å²) in [5.74, 6) is 0. The molecule has 19 heavy (non-hydrogen) atoms. The van der Waals surface area contributed by atoms with Crippen LogP contribution in [-0.4, -0.2) is 16.7 Å². The lowest BCUT2D eigenvalue weighted by atomic mass is 9.90. The minimum absolute atomic E-state index is 0.526. The van der Waals surface area contributed by atoms with Gasteiger partial charge in [0.15, 0.2) is 0 Å². The predicted octanol–water partition coefficient (Wildman–Crippen LogP) is 4.40. The molecule has 3 nitrogen and oxygen atoms in total. The molecule has 1 amide bonds. The second kappa shape index (κ2) is 5.61. The van der Waals surface area contributed by atoms with Gasteiger partial charge in [0.1, 0.15) is 0 Å². The molecule has 0 atom stereocenters. The number of allylic oxidation sites excluding steroid dienone is 2. The van der Waals surface area contributed by atoms with E-state index in [0.29, 0.717) is 6.42 Å². The van der Waals surface area contributed by atoms with Gasteiger partial charge in [-0.05, 0) is 61.8 Å². The number of rotatable bonds is 5. The maximum Gasteiger partial charge on any atom is 0.405 e. The Morgan fingerprint density at radius 1 is 1.37 bits per heavy atom. The molecule has 0 radical (unpaired) electrons. The zero-order valence-electron chi connectivity index (χ0n) is 12.0. The summed E-state index contributed by atoms with van der Waals surface area (Å²) in [6.45, 7) is 15.7. The van der Waals surface area contributed by atoms with Crippen LogP contribution in [0.1, 0.15) is 43.7 Å². The van der Waals surface area contributed by atoms with Gasteiger partial charge in [0, 0.05) is 10.4 Å². The van der Waals surface area contributed by atoms with E-state index in [1.165, 1.54) is 0 Å². The van der Waals surface area contributed by atoms with Crippen LogP contribution in [0, 0.1) is 0 Å². The van der Waals surface area contributed by atoms with Crippen molar-refractivity contribution in [1.82, 2.24) is 5.32 Å². The average molecular weight is 279 g/mol. The van der Waals surface area contributed by atoms with Gasteiger partial charge < -0.3 is 10.4 Å². The minimum atomic E-state index is -1.01. The van der Waals surface area contributed by atoms with E-state index in [0.717, 1.165) is 27.2 Å². The summed E-state index contributed by atoms with van der Waals surface area (Å²) in [4.78, 5) is 12.0. The molecule has 0 aromatic carbocycles. The van der Waals surface area contributed by atoms with E-state index in [-0.39, 0.29) is 0 Å². The fraction of sp³-hybridized carbons (Fsp3) is 0.400. The quantitative estimate of drug-likeness (QED) is 0.839. The molecule has 0 saturated carbocycles. The molecule has 0 aliphatic carbocycles. The second-order valence-corrected chi connectivity index (χ2v) is 6.39. The van der Waals surface area contributed by atoms with Gasteiger partial charge in [-0.1, -0.05) is 13.2 Å². The highest BCUT2D eigenvalue weighted by Crippen LogP contribution is 2.34. The van der Waals surface area contributed by atoms with E-state index in [9.17, 15) is 4.79 Å². The third kappa shape index (κ3) is 3.96. The Balaban J connectivity index is 3.17. The van der Waals surface area contributed by atoms with E-state index in [4.69, 9.17) is 5.11 Å². The van der Waals surface area contributed by atoms with Crippen molar-refractivity contribution in [2.75, 3.05) is 0 Å². The van der Waals surface area contributed by atoms with Gasteiger partial charge in [-0.25, -0.2) is 4.79 Å². The van der Waals surface area contributed by atoms with Gasteiger partial charge in [-0.3, -0.25) is 0 Å². The molecular weight excluding hydrogens is 258 g/mol. The lowest BCUT2D eigenvalue weighted by molar-refractivity contribution is 0.182. The fourth-order valence-electron chi connectivity index (χ4n) is 2.05. The van der Waals surface area contributed by atoms with Crippen molar-refractivity contribution in [1.29, 1.82) is 0 Å². The first kappa shape index (κ1) is 15.5. The summed E-state index contributed by atoms with van der Waals surface area (Å²) >= 11 is 1.64. The second-order valence-electron chi connectivity index (χ2n) is 5.51. The number of nitrogens with one attached hydrogen (secondary N) is 1. The van der Waals surface area contributed by atoms with Crippen LogP contribution >= 0.6 is 11.3 Å². The molecule has 0 fully saturated rings. The summed E-state index contributed by atoms with van der Waals surface area (Å²) in [6, 6.07) is 0. The van der Waals surface area contributed by atoms with E-state index in [2.05, 4.69) is 23.9 Å². The molecule has 1 aromatic rings. The topological polar surface area (TPSA) is 49.3 Å². The Bertz CT molecular complexity index is 495. The Morgan fingerprint density at radius 2 is 1.95 bits per heavy atom. The van der Waals surface area contributed by atoms with Gasteiger partial charge in [-0.15, -0.1) is 11.3 Å². The summed E-state index contributed by atoms with van der Waals surface area (Å²) < 4.78 is 0. The van der Waals surface area contributed by atoms with Crippen molar-refractivity contribution in [3.05, 3.63) is 34.5 Å². The first-order chi connectivity index (χ1) is 8.64. The normalized spacial score (nSPS) is 11.2. The number of hydrogen-bond donors (Lipinski definition) is 2. The molecule has 0 aliphatic rings. The van der Waals surface area contributed by atoms with Crippen LogP contribution in [0.2, 0.25) is 0 Å². The molecule has 0 saturated heterocycles. The third-order valence-corrected chi connectivity index (χ3v) is 3.99. The third-order valence-electron chi connectivity index (χ3n) is 2.81. The highest BCUT2D eigenvalue weighted by molar-refractivity contribution is 7.11. The number of carbonyl (C=O) groups is 1. The minimum Gasteiger partial charge on any atom is -0.465 e. The van der Waals surface area contributed by atoms with Crippen LogP contribution < -0.4 is 5.32 Å². The lowest BCUT2D eigenvalue weighted by Crippen LogP contribution is -2.44. The number of hydrogen-bond acceptors (Lipinski definition) is 2. The summed E-state index contributed by atoms with van der Waals surface area (Å²) in [5.41, 5.74) is 3.69. The average Bonchev–Trinajstić information content (AvgIpc) is 2.57. The number of carboxylic acid groups (broad SMARTS) is 1. The van der Waals surface area contributed by atoms with E-state index < -0.39 is 11.6 Å². The molecule has 0 spiro atoms. The van der Waals surface area contributed by atoms with Crippen LogP contribution in [0.15, 0.2) is 18.5 Å². The zero-order chi connectivity index (χ0) is 14.8. The first-order valence-corrected chi connectivity index (χ1v) is 6.95. The van der Waals surface area contributed by atoms with Crippen LogP contribution in [-0.2, 0) is 6.42 Å². The van der Waals surface area contributed by atoms with Crippen LogP contribution in [0.25, 0.3) is 11.1 Å². The molecule has 1 aromatic heterocycles. The summed E-state index contributed by atoms with van der Waals surface area (Å²) in [7, 11) is 0. The van der Waals surface area contributed by atoms with E-state index in [1.54, 1.807) is 11.3 Å². The maximum atomic E-state index is 10.8. The van der Waals surface area contributed by atoms with Gasteiger partial charge in [0.25, 0.3) is 0 Å². The maximum absolute atomic E-state index is 10.8. The molecular formula is C15H21NO2S. The molecule has 1 heterocycles. The smallest absolute Gasteiger partial charge is 0.405 e. The van der Waals surface area contributed by atoms with E-state index in [1.807, 2.05) is 27.7 Å². The Kier molecular flexibility index (Phi) is 4.58. The standard InChI is InChI=1S/C15H21NO2S/c1-9(2)12-8-19-13(10(3)4)11(12)7-15(5,6)16-14(17)18/h8,16H,1,3,7H2,2,4-6H3,(H,17,18).